The van der Waals surface area contributed by atoms with Crippen LogP contribution in [0, 0.1) is 0 Å². The van der Waals surface area contributed by atoms with Gasteiger partial charge in [-0.05, 0) is 38.9 Å². The summed E-state index contributed by atoms with van der Waals surface area (Å²) < 4.78 is 2.24. The van der Waals surface area contributed by atoms with E-state index >= 15 is 0 Å². The molecule has 2 heterocycles. The van der Waals surface area contributed by atoms with Crippen molar-refractivity contribution >= 4 is 17.7 Å². The molecule has 1 fully saturated rings. The van der Waals surface area contributed by atoms with Gasteiger partial charge in [0.1, 0.15) is 5.82 Å². The first-order chi connectivity index (χ1) is 10.1. The van der Waals surface area contributed by atoms with Crippen molar-refractivity contribution in [2.45, 2.75) is 52.0 Å². The summed E-state index contributed by atoms with van der Waals surface area (Å²) in [6.45, 7) is 8.25. The van der Waals surface area contributed by atoms with Gasteiger partial charge < -0.3 is 9.47 Å². The van der Waals surface area contributed by atoms with Crippen LogP contribution in [-0.2, 0) is 4.79 Å². The molecule has 21 heavy (non-hydrogen) atoms. The standard InChI is InChI=1S/C16H27N3OS/c1-4-10-21-12-15(20)18-8-5-6-14(11-18)16-17-7-9-19(16)13(2)3/h7,9,13-14H,4-6,8,10-12H2,1-3H3. The summed E-state index contributed by atoms with van der Waals surface area (Å²) in [5, 5.41) is 0. The van der Waals surface area contributed by atoms with Gasteiger partial charge in [-0.15, -0.1) is 0 Å². The van der Waals surface area contributed by atoms with E-state index in [9.17, 15) is 4.79 Å². The van der Waals surface area contributed by atoms with Gasteiger partial charge in [-0.25, -0.2) is 4.98 Å². The Hall–Kier alpha value is -0.970. The Bertz CT molecular complexity index is 458. The smallest absolute Gasteiger partial charge is 0.232 e. The molecule has 0 aromatic carbocycles. The molecule has 0 spiro atoms. The largest absolute Gasteiger partial charge is 0.341 e. The third kappa shape index (κ3) is 4.25. The van der Waals surface area contributed by atoms with Crippen LogP contribution in [0.1, 0.15) is 57.8 Å². The molecule has 118 valence electrons. The molecule has 1 aliphatic rings. The van der Waals surface area contributed by atoms with Crippen LogP contribution < -0.4 is 0 Å². The lowest BCUT2D eigenvalue weighted by Gasteiger charge is -2.33. The first-order valence-electron chi connectivity index (χ1n) is 8.01. The van der Waals surface area contributed by atoms with Gasteiger partial charge in [0, 0.05) is 37.4 Å². The summed E-state index contributed by atoms with van der Waals surface area (Å²) in [6.07, 6.45) is 7.28. The van der Waals surface area contributed by atoms with Gasteiger partial charge in [0.05, 0.1) is 5.75 Å². The lowest BCUT2D eigenvalue weighted by Crippen LogP contribution is -2.40. The molecular formula is C16H27N3OS. The van der Waals surface area contributed by atoms with Gasteiger partial charge in [0.15, 0.2) is 0 Å². The maximum absolute atomic E-state index is 12.3. The highest BCUT2D eigenvalue weighted by Crippen LogP contribution is 2.27. The first kappa shape index (κ1) is 16.4. The first-order valence-corrected chi connectivity index (χ1v) is 9.17. The lowest BCUT2D eigenvalue weighted by atomic mass is 9.97. The predicted molar refractivity (Wildman–Crippen MR) is 88.8 cm³/mol. The molecular weight excluding hydrogens is 282 g/mol. The predicted octanol–water partition coefficient (Wildman–Crippen LogP) is 3.31. The van der Waals surface area contributed by atoms with E-state index in [1.54, 1.807) is 11.8 Å². The molecule has 0 saturated carbocycles. The van der Waals surface area contributed by atoms with E-state index in [1.165, 1.54) is 0 Å². The maximum atomic E-state index is 12.3. The van der Waals surface area contributed by atoms with Gasteiger partial charge in [0.2, 0.25) is 5.91 Å². The molecule has 5 heteroatoms. The Morgan fingerprint density at radius 1 is 1.52 bits per heavy atom. The fraction of sp³-hybridized carbons (Fsp3) is 0.750. The topological polar surface area (TPSA) is 38.1 Å². The van der Waals surface area contributed by atoms with Crippen molar-refractivity contribution in [1.29, 1.82) is 0 Å². The van der Waals surface area contributed by atoms with Crippen molar-refractivity contribution < 1.29 is 4.79 Å². The summed E-state index contributed by atoms with van der Waals surface area (Å²) in [5.41, 5.74) is 0. The summed E-state index contributed by atoms with van der Waals surface area (Å²) in [7, 11) is 0. The zero-order chi connectivity index (χ0) is 15.2. The number of amides is 1. The highest BCUT2D eigenvalue weighted by Gasteiger charge is 2.27. The summed E-state index contributed by atoms with van der Waals surface area (Å²) in [6, 6.07) is 0.425. The van der Waals surface area contributed by atoms with Crippen LogP contribution in [0.5, 0.6) is 0 Å². The van der Waals surface area contributed by atoms with Crippen LogP contribution in [-0.4, -0.2) is 45.0 Å². The van der Waals surface area contributed by atoms with Crippen LogP contribution >= 0.6 is 11.8 Å². The van der Waals surface area contributed by atoms with Crippen LogP contribution in [0.3, 0.4) is 0 Å². The number of rotatable bonds is 6. The van der Waals surface area contributed by atoms with Crippen LogP contribution in [0.25, 0.3) is 0 Å². The van der Waals surface area contributed by atoms with E-state index in [-0.39, 0.29) is 0 Å². The summed E-state index contributed by atoms with van der Waals surface area (Å²) in [5.74, 6) is 3.51. The zero-order valence-corrected chi connectivity index (χ0v) is 14.2. The fourth-order valence-corrected chi connectivity index (χ4v) is 3.68. The Balaban J connectivity index is 1.97. The molecule has 0 radical (unpaired) electrons. The lowest BCUT2D eigenvalue weighted by molar-refractivity contribution is -0.129. The van der Waals surface area contributed by atoms with E-state index in [4.69, 9.17) is 0 Å². The monoisotopic (exact) mass is 309 g/mol. The molecule has 1 atom stereocenters. The van der Waals surface area contributed by atoms with Crippen molar-refractivity contribution in [3.63, 3.8) is 0 Å². The van der Waals surface area contributed by atoms with Crippen molar-refractivity contribution in [1.82, 2.24) is 14.5 Å². The second-order valence-corrected chi connectivity index (χ2v) is 7.12. The minimum atomic E-state index is 0.292. The molecule has 1 amide bonds. The molecule has 1 aromatic rings. The number of carbonyl (C=O) groups excluding carboxylic acids is 1. The molecule has 2 rings (SSSR count). The Kier molecular flexibility index (Phi) is 6.15. The molecule has 0 bridgehead atoms. The molecule has 0 aliphatic carbocycles. The SMILES string of the molecule is CCCSCC(=O)N1CCCC(c2nccn2C(C)C)C1. The Morgan fingerprint density at radius 3 is 3.05 bits per heavy atom. The molecule has 4 nitrogen and oxygen atoms in total. The maximum Gasteiger partial charge on any atom is 0.232 e. The minimum absolute atomic E-state index is 0.292. The number of thioether (sulfide) groups is 1. The number of imidazole rings is 1. The van der Waals surface area contributed by atoms with Gasteiger partial charge in [-0.3, -0.25) is 4.79 Å². The van der Waals surface area contributed by atoms with E-state index in [2.05, 4.69) is 36.5 Å². The third-order valence-corrected chi connectivity index (χ3v) is 5.12. The highest BCUT2D eigenvalue weighted by atomic mass is 32.2. The average Bonchev–Trinajstić information content (AvgIpc) is 2.97. The third-order valence-electron chi connectivity index (χ3n) is 3.97. The van der Waals surface area contributed by atoms with Crippen molar-refractivity contribution in [3.05, 3.63) is 18.2 Å². The van der Waals surface area contributed by atoms with Gasteiger partial charge in [-0.1, -0.05) is 6.92 Å². The number of carbonyl (C=O) groups is 1. The van der Waals surface area contributed by atoms with Crippen molar-refractivity contribution in [2.75, 3.05) is 24.6 Å². The van der Waals surface area contributed by atoms with E-state index in [1.807, 2.05) is 11.1 Å². The van der Waals surface area contributed by atoms with Crippen molar-refractivity contribution in [2.24, 2.45) is 0 Å². The second kappa shape index (κ2) is 7.87. The van der Waals surface area contributed by atoms with Crippen molar-refractivity contribution in [3.8, 4) is 0 Å². The number of hydrogen-bond acceptors (Lipinski definition) is 3. The molecule has 1 aromatic heterocycles. The number of likely N-dealkylation sites (tertiary alicyclic amines) is 1. The van der Waals surface area contributed by atoms with E-state index < -0.39 is 0 Å². The number of piperidine rings is 1. The van der Waals surface area contributed by atoms with Gasteiger partial charge in [-0.2, -0.15) is 11.8 Å². The van der Waals surface area contributed by atoms with Crippen LogP contribution in [0.2, 0.25) is 0 Å². The zero-order valence-electron chi connectivity index (χ0n) is 13.4. The Labute approximate surface area is 132 Å². The molecule has 1 saturated heterocycles. The highest BCUT2D eigenvalue weighted by molar-refractivity contribution is 7.99. The van der Waals surface area contributed by atoms with E-state index in [0.717, 1.165) is 43.9 Å². The summed E-state index contributed by atoms with van der Waals surface area (Å²) >= 11 is 1.75. The Morgan fingerprint density at radius 2 is 2.33 bits per heavy atom. The fourth-order valence-electron chi connectivity index (χ4n) is 2.89. The van der Waals surface area contributed by atoms with Gasteiger partial charge >= 0.3 is 0 Å². The minimum Gasteiger partial charge on any atom is -0.341 e. The molecule has 1 unspecified atom stereocenters. The van der Waals surface area contributed by atoms with Crippen LogP contribution in [0.15, 0.2) is 12.4 Å². The number of hydrogen-bond donors (Lipinski definition) is 0. The quantitative estimate of drug-likeness (QED) is 0.757. The normalized spacial score (nSPS) is 19.2. The second-order valence-electron chi connectivity index (χ2n) is 6.02. The molecule has 0 N–H and O–H groups in total. The van der Waals surface area contributed by atoms with Crippen LogP contribution in [0.4, 0.5) is 0 Å². The summed E-state index contributed by atoms with van der Waals surface area (Å²) in [4.78, 5) is 18.9. The average molecular weight is 309 g/mol. The number of nitrogens with zero attached hydrogens (tertiary/aromatic N) is 3. The molecule has 1 aliphatic heterocycles. The van der Waals surface area contributed by atoms with E-state index in [0.29, 0.717) is 23.6 Å². The van der Waals surface area contributed by atoms with Gasteiger partial charge in [0.25, 0.3) is 0 Å². The number of aromatic nitrogens is 2.